The quantitative estimate of drug-likeness (QED) is 0.709. The fraction of sp³-hybridized carbons (Fsp3) is 0.278. The summed E-state index contributed by atoms with van der Waals surface area (Å²) < 4.78 is 42.2. The Morgan fingerprint density at radius 3 is 2.79 bits per heavy atom. The average Bonchev–Trinajstić information content (AvgIpc) is 3.32. The molecule has 2 amide bonds. The first-order valence-corrected chi connectivity index (χ1v) is 9.31. The number of benzene rings is 1. The Labute approximate surface area is 162 Å². The summed E-state index contributed by atoms with van der Waals surface area (Å²) in [5.41, 5.74) is 1.89. The van der Waals surface area contributed by atoms with Gasteiger partial charge in [-0.05, 0) is 23.6 Å². The molecule has 146 valence electrons. The summed E-state index contributed by atoms with van der Waals surface area (Å²) in [6.07, 6.45) is -4.04. The smallest absolute Gasteiger partial charge is 0.334 e. The Kier molecular flexibility index (Phi) is 4.80. The fourth-order valence-corrected chi connectivity index (χ4v) is 4.03. The van der Waals surface area contributed by atoms with Gasteiger partial charge in [-0.3, -0.25) is 0 Å². The molecule has 2 aromatic heterocycles. The van der Waals surface area contributed by atoms with Crippen LogP contribution in [0.15, 0.2) is 40.9 Å². The van der Waals surface area contributed by atoms with Crippen molar-refractivity contribution in [2.75, 3.05) is 6.54 Å². The number of aromatic nitrogens is 2. The molecule has 0 bridgehead atoms. The van der Waals surface area contributed by atoms with Gasteiger partial charge in [-0.25, -0.2) is 4.79 Å². The molecule has 0 saturated carbocycles. The molecular weight excluding hydrogens is 393 g/mol. The van der Waals surface area contributed by atoms with E-state index in [1.165, 1.54) is 11.3 Å². The van der Waals surface area contributed by atoms with E-state index >= 15 is 0 Å². The number of alkyl halides is 3. The number of hydrogen-bond donors (Lipinski definition) is 1. The highest BCUT2D eigenvalue weighted by Gasteiger charge is 2.38. The summed E-state index contributed by atoms with van der Waals surface area (Å²) >= 11 is 1.33. The van der Waals surface area contributed by atoms with Crippen LogP contribution in [-0.4, -0.2) is 27.6 Å². The average molecular weight is 408 g/mol. The molecule has 0 saturated heterocycles. The van der Waals surface area contributed by atoms with Crippen molar-refractivity contribution in [1.82, 2.24) is 20.4 Å². The van der Waals surface area contributed by atoms with Crippen molar-refractivity contribution < 1.29 is 22.5 Å². The minimum Gasteiger partial charge on any atom is -0.334 e. The van der Waals surface area contributed by atoms with E-state index in [9.17, 15) is 18.0 Å². The predicted octanol–water partition coefficient (Wildman–Crippen LogP) is 4.08. The lowest BCUT2D eigenvalue weighted by atomic mass is 10.1. The van der Waals surface area contributed by atoms with Crippen molar-refractivity contribution in [1.29, 1.82) is 0 Å². The van der Waals surface area contributed by atoms with Crippen LogP contribution in [0, 0.1) is 0 Å². The predicted molar refractivity (Wildman–Crippen MR) is 95.4 cm³/mol. The molecule has 0 unspecified atom stereocenters. The van der Waals surface area contributed by atoms with E-state index < -0.39 is 12.1 Å². The monoisotopic (exact) mass is 408 g/mol. The number of amides is 2. The molecule has 0 atom stereocenters. The zero-order chi connectivity index (χ0) is 19.7. The number of rotatable bonds is 3. The molecule has 28 heavy (non-hydrogen) atoms. The van der Waals surface area contributed by atoms with Crippen molar-refractivity contribution >= 4 is 17.4 Å². The maximum Gasteiger partial charge on any atom is 0.471 e. The fourth-order valence-electron chi connectivity index (χ4n) is 2.94. The van der Waals surface area contributed by atoms with Crippen LogP contribution in [0.5, 0.6) is 0 Å². The number of urea groups is 1. The molecule has 1 aliphatic rings. The van der Waals surface area contributed by atoms with Crippen LogP contribution in [-0.2, 0) is 25.7 Å². The summed E-state index contributed by atoms with van der Waals surface area (Å²) in [5.74, 6) is -1.46. The second-order valence-electron chi connectivity index (χ2n) is 6.30. The standard InChI is InChI=1S/C18H15F3N4O2S/c19-18(20,21)16-23-15(24-27-16)14-8-12-10-25(7-6-13(12)28-14)17(26)22-9-11-4-2-1-3-5-11/h1-5,8H,6-7,9-10H2,(H,22,26). The minimum absolute atomic E-state index is 0.0909. The van der Waals surface area contributed by atoms with E-state index in [1.54, 1.807) is 11.0 Å². The number of fused-ring (bicyclic) bond motifs is 1. The van der Waals surface area contributed by atoms with Crippen LogP contribution in [0.3, 0.4) is 0 Å². The molecule has 3 heterocycles. The van der Waals surface area contributed by atoms with Gasteiger partial charge in [-0.15, -0.1) is 11.3 Å². The highest BCUT2D eigenvalue weighted by molar-refractivity contribution is 7.15. The summed E-state index contributed by atoms with van der Waals surface area (Å²) in [7, 11) is 0. The van der Waals surface area contributed by atoms with Crippen LogP contribution < -0.4 is 5.32 Å². The number of carbonyl (C=O) groups is 1. The topological polar surface area (TPSA) is 71.3 Å². The molecular formula is C18H15F3N4O2S. The zero-order valence-electron chi connectivity index (χ0n) is 14.5. The lowest BCUT2D eigenvalue weighted by Crippen LogP contribution is -2.42. The summed E-state index contributed by atoms with van der Waals surface area (Å²) in [6, 6.07) is 11.1. The number of nitrogens with one attached hydrogen (secondary N) is 1. The van der Waals surface area contributed by atoms with Gasteiger partial charge in [0.05, 0.1) is 4.88 Å². The molecule has 1 aliphatic heterocycles. The van der Waals surface area contributed by atoms with Crippen LogP contribution in [0.25, 0.3) is 10.7 Å². The van der Waals surface area contributed by atoms with Crippen molar-refractivity contribution in [2.24, 2.45) is 0 Å². The second-order valence-corrected chi connectivity index (χ2v) is 7.43. The summed E-state index contributed by atoms with van der Waals surface area (Å²) in [4.78, 5) is 19.0. The molecule has 10 heteroatoms. The summed E-state index contributed by atoms with van der Waals surface area (Å²) in [5, 5.41) is 6.31. The van der Waals surface area contributed by atoms with E-state index in [2.05, 4.69) is 20.0 Å². The van der Waals surface area contributed by atoms with E-state index in [0.717, 1.165) is 16.0 Å². The van der Waals surface area contributed by atoms with Gasteiger partial charge < -0.3 is 14.7 Å². The van der Waals surface area contributed by atoms with Gasteiger partial charge in [0, 0.05) is 24.5 Å². The maximum absolute atomic E-state index is 12.6. The zero-order valence-corrected chi connectivity index (χ0v) is 15.3. The Hall–Kier alpha value is -2.88. The van der Waals surface area contributed by atoms with Gasteiger partial charge in [0.2, 0.25) is 5.82 Å². The number of hydrogen-bond acceptors (Lipinski definition) is 5. The molecule has 0 aliphatic carbocycles. The summed E-state index contributed by atoms with van der Waals surface area (Å²) in [6.45, 7) is 1.35. The Morgan fingerprint density at radius 1 is 1.29 bits per heavy atom. The van der Waals surface area contributed by atoms with Crippen molar-refractivity contribution in [3.05, 3.63) is 58.3 Å². The molecule has 0 fully saturated rings. The van der Waals surface area contributed by atoms with Crippen molar-refractivity contribution in [3.8, 4) is 10.7 Å². The third-order valence-corrected chi connectivity index (χ3v) is 5.56. The van der Waals surface area contributed by atoms with E-state index in [0.29, 0.717) is 30.9 Å². The first kappa shape index (κ1) is 18.5. The molecule has 1 N–H and O–H groups in total. The van der Waals surface area contributed by atoms with Gasteiger partial charge in [0.25, 0.3) is 0 Å². The van der Waals surface area contributed by atoms with Crippen molar-refractivity contribution in [2.45, 2.75) is 25.7 Å². The molecule has 0 spiro atoms. The molecule has 0 radical (unpaired) electrons. The third kappa shape index (κ3) is 3.86. The normalized spacial score (nSPS) is 14.0. The first-order valence-electron chi connectivity index (χ1n) is 8.50. The number of nitrogens with zero attached hydrogens (tertiary/aromatic N) is 3. The maximum atomic E-state index is 12.6. The minimum atomic E-state index is -4.67. The third-order valence-electron chi connectivity index (χ3n) is 4.33. The largest absolute Gasteiger partial charge is 0.471 e. The Morgan fingerprint density at radius 2 is 2.07 bits per heavy atom. The lowest BCUT2D eigenvalue weighted by Gasteiger charge is -2.27. The highest BCUT2D eigenvalue weighted by Crippen LogP contribution is 2.35. The second kappa shape index (κ2) is 7.27. The SMILES string of the molecule is O=C(NCc1ccccc1)N1CCc2sc(-c3noc(C(F)(F)F)n3)cc2C1. The Bertz CT molecular complexity index is 984. The van der Waals surface area contributed by atoms with Crippen LogP contribution in [0.4, 0.5) is 18.0 Å². The molecule has 6 nitrogen and oxygen atoms in total. The van der Waals surface area contributed by atoms with Crippen LogP contribution >= 0.6 is 11.3 Å². The molecule has 1 aromatic carbocycles. The Balaban J connectivity index is 1.43. The van der Waals surface area contributed by atoms with Gasteiger partial charge >= 0.3 is 18.1 Å². The molecule has 3 aromatic rings. The van der Waals surface area contributed by atoms with Crippen LogP contribution in [0.2, 0.25) is 0 Å². The van der Waals surface area contributed by atoms with E-state index in [4.69, 9.17) is 0 Å². The highest BCUT2D eigenvalue weighted by atomic mass is 32.1. The molecule has 4 rings (SSSR count). The van der Waals surface area contributed by atoms with Gasteiger partial charge in [-0.1, -0.05) is 35.5 Å². The van der Waals surface area contributed by atoms with E-state index in [-0.39, 0.29) is 11.9 Å². The lowest BCUT2D eigenvalue weighted by molar-refractivity contribution is -0.159. The van der Waals surface area contributed by atoms with Crippen LogP contribution in [0.1, 0.15) is 21.9 Å². The van der Waals surface area contributed by atoms with Gasteiger partial charge in [0.1, 0.15) is 0 Å². The first-order chi connectivity index (χ1) is 13.4. The van der Waals surface area contributed by atoms with Crippen molar-refractivity contribution in [3.63, 3.8) is 0 Å². The number of carbonyl (C=O) groups excluding carboxylic acids is 1. The number of halogens is 3. The number of thiophene rings is 1. The van der Waals surface area contributed by atoms with E-state index in [1.807, 2.05) is 30.3 Å². The van der Waals surface area contributed by atoms with Gasteiger partial charge in [0.15, 0.2) is 0 Å². The van der Waals surface area contributed by atoms with Gasteiger partial charge in [-0.2, -0.15) is 18.2 Å².